The van der Waals surface area contributed by atoms with Crippen LogP contribution in [0.4, 0.5) is 0 Å². The first-order valence-corrected chi connectivity index (χ1v) is 10.2. The van der Waals surface area contributed by atoms with Gasteiger partial charge in [0.25, 0.3) is 0 Å². The van der Waals surface area contributed by atoms with Crippen LogP contribution in [0.25, 0.3) is 28.1 Å². The van der Waals surface area contributed by atoms with Gasteiger partial charge >= 0.3 is 0 Å². The standard InChI is InChI=1S/C27H28N2/c1-5-20(19-27(2,3)4)21-15-17-22(18-16-21)26-28-24-13-9-10-14-25(24)29(26)23-11-7-6-8-12-23/h5-18,20H,1,19H2,2-4H3. The predicted octanol–water partition coefficient (Wildman–Crippen LogP) is 7.40. The van der Waals surface area contributed by atoms with Gasteiger partial charge in [-0.3, -0.25) is 4.57 Å². The maximum atomic E-state index is 4.96. The molecule has 4 aromatic rings. The quantitative estimate of drug-likeness (QED) is 0.330. The van der Waals surface area contributed by atoms with Crippen LogP contribution in [0.5, 0.6) is 0 Å². The highest BCUT2D eigenvalue weighted by atomic mass is 15.1. The van der Waals surface area contributed by atoms with Crippen LogP contribution in [0.15, 0.2) is 91.5 Å². The number of aromatic nitrogens is 2. The molecule has 0 fully saturated rings. The van der Waals surface area contributed by atoms with Crippen LogP contribution in [-0.2, 0) is 0 Å². The smallest absolute Gasteiger partial charge is 0.145 e. The number of allylic oxidation sites excluding steroid dienone is 1. The Hall–Kier alpha value is -3.13. The zero-order valence-corrected chi connectivity index (χ0v) is 17.5. The van der Waals surface area contributed by atoms with Crippen LogP contribution in [0, 0.1) is 5.41 Å². The Bertz CT molecular complexity index is 1110. The lowest BCUT2D eigenvalue weighted by molar-refractivity contribution is 0.361. The van der Waals surface area contributed by atoms with Crippen LogP contribution in [0.2, 0.25) is 0 Å². The van der Waals surface area contributed by atoms with Crippen molar-refractivity contribution in [3.8, 4) is 17.1 Å². The third-order valence-corrected chi connectivity index (χ3v) is 5.29. The van der Waals surface area contributed by atoms with Crippen molar-refractivity contribution in [2.45, 2.75) is 33.1 Å². The van der Waals surface area contributed by atoms with Crippen molar-refractivity contribution >= 4 is 11.0 Å². The summed E-state index contributed by atoms with van der Waals surface area (Å²) in [6.45, 7) is 10.9. The van der Waals surface area contributed by atoms with Crippen molar-refractivity contribution in [2.24, 2.45) is 5.41 Å². The average molecular weight is 381 g/mol. The lowest BCUT2D eigenvalue weighted by Crippen LogP contribution is -2.10. The largest absolute Gasteiger partial charge is 0.292 e. The third kappa shape index (κ3) is 4.02. The Balaban J connectivity index is 1.78. The molecule has 0 aliphatic rings. The molecule has 0 radical (unpaired) electrons. The van der Waals surface area contributed by atoms with Crippen LogP contribution in [0.1, 0.15) is 38.7 Å². The predicted molar refractivity (Wildman–Crippen MR) is 124 cm³/mol. The van der Waals surface area contributed by atoms with Crippen LogP contribution in [0.3, 0.4) is 0 Å². The monoisotopic (exact) mass is 380 g/mol. The van der Waals surface area contributed by atoms with Gasteiger partial charge in [0, 0.05) is 17.2 Å². The third-order valence-electron chi connectivity index (χ3n) is 5.29. The van der Waals surface area contributed by atoms with E-state index in [1.807, 2.05) is 12.1 Å². The summed E-state index contributed by atoms with van der Waals surface area (Å²) in [6.07, 6.45) is 3.15. The maximum Gasteiger partial charge on any atom is 0.145 e. The molecule has 0 spiro atoms. The number of nitrogens with zero attached hydrogens (tertiary/aromatic N) is 2. The zero-order chi connectivity index (χ0) is 20.4. The highest BCUT2D eigenvalue weighted by Gasteiger charge is 2.19. The average Bonchev–Trinajstić information content (AvgIpc) is 3.12. The molecule has 1 heterocycles. The topological polar surface area (TPSA) is 17.8 Å². The summed E-state index contributed by atoms with van der Waals surface area (Å²) >= 11 is 0. The van der Waals surface area contributed by atoms with Gasteiger partial charge < -0.3 is 0 Å². The summed E-state index contributed by atoms with van der Waals surface area (Å²) in [5, 5.41) is 0. The van der Waals surface area contributed by atoms with E-state index in [1.54, 1.807) is 0 Å². The number of fused-ring (bicyclic) bond motifs is 1. The van der Waals surface area contributed by atoms with E-state index < -0.39 is 0 Å². The lowest BCUT2D eigenvalue weighted by Gasteiger charge is -2.24. The second kappa shape index (κ2) is 7.71. The van der Waals surface area contributed by atoms with E-state index in [4.69, 9.17) is 4.98 Å². The molecule has 0 saturated heterocycles. The SMILES string of the molecule is C=CC(CC(C)(C)C)c1ccc(-c2nc3ccccc3n2-c2ccccc2)cc1. The molecule has 0 amide bonds. The molecular formula is C27H28N2. The number of hydrogen-bond donors (Lipinski definition) is 0. The van der Waals surface area contributed by atoms with Crippen molar-refractivity contribution in [2.75, 3.05) is 0 Å². The molecule has 146 valence electrons. The molecule has 29 heavy (non-hydrogen) atoms. The molecule has 1 unspecified atom stereocenters. The summed E-state index contributed by atoms with van der Waals surface area (Å²) in [4.78, 5) is 4.96. The zero-order valence-electron chi connectivity index (χ0n) is 17.5. The molecule has 0 bridgehead atoms. The summed E-state index contributed by atoms with van der Waals surface area (Å²) in [6, 6.07) is 27.6. The molecule has 0 saturated carbocycles. The van der Waals surface area contributed by atoms with Crippen molar-refractivity contribution in [1.29, 1.82) is 0 Å². The molecular weight excluding hydrogens is 352 g/mol. The van der Waals surface area contributed by atoms with Crippen LogP contribution < -0.4 is 0 Å². The van der Waals surface area contributed by atoms with E-state index in [0.717, 1.165) is 34.5 Å². The minimum atomic E-state index is 0.263. The van der Waals surface area contributed by atoms with Gasteiger partial charge in [-0.15, -0.1) is 6.58 Å². The first-order chi connectivity index (χ1) is 14.0. The molecule has 2 heteroatoms. The normalized spacial score (nSPS) is 12.8. The van der Waals surface area contributed by atoms with E-state index in [9.17, 15) is 0 Å². The van der Waals surface area contributed by atoms with Gasteiger partial charge in [-0.2, -0.15) is 0 Å². The molecule has 1 atom stereocenters. The second-order valence-electron chi connectivity index (χ2n) is 8.82. The summed E-state index contributed by atoms with van der Waals surface area (Å²) in [5.74, 6) is 1.33. The van der Waals surface area contributed by atoms with Crippen molar-refractivity contribution in [1.82, 2.24) is 9.55 Å². The van der Waals surface area contributed by atoms with Gasteiger partial charge in [0.05, 0.1) is 11.0 Å². The highest BCUT2D eigenvalue weighted by molar-refractivity contribution is 5.83. The van der Waals surface area contributed by atoms with Gasteiger partial charge in [-0.25, -0.2) is 4.98 Å². The maximum absolute atomic E-state index is 4.96. The first kappa shape index (κ1) is 19.2. The van der Waals surface area contributed by atoms with Crippen LogP contribution >= 0.6 is 0 Å². The fourth-order valence-corrected chi connectivity index (χ4v) is 3.93. The van der Waals surface area contributed by atoms with E-state index in [0.29, 0.717) is 5.92 Å². The van der Waals surface area contributed by atoms with Gasteiger partial charge in [0.1, 0.15) is 5.82 Å². The minimum absolute atomic E-state index is 0.263. The minimum Gasteiger partial charge on any atom is -0.292 e. The Morgan fingerprint density at radius 2 is 1.55 bits per heavy atom. The van der Waals surface area contributed by atoms with E-state index >= 15 is 0 Å². The second-order valence-corrected chi connectivity index (χ2v) is 8.82. The van der Waals surface area contributed by atoms with Gasteiger partial charge in [0.15, 0.2) is 0 Å². The highest BCUT2D eigenvalue weighted by Crippen LogP contribution is 2.34. The Morgan fingerprint density at radius 1 is 0.897 bits per heavy atom. The Kier molecular flexibility index (Phi) is 5.10. The van der Waals surface area contributed by atoms with Gasteiger partial charge in [0.2, 0.25) is 0 Å². The molecule has 0 N–H and O–H groups in total. The summed E-state index contributed by atoms with van der Waals surface area (Å²) in [5.41, 5.74) is 5.94. The van der Waals surface area contributed by atoms with Gasteiger partial charge in [-0.1, -0.05) is 81.4 Å². The van der Waals surface area contributed by atoms with E-state index in [-0.39, 0.29) is 5.41 Å². The fourth-order valence-electron chi connectivity index (χ4n) is 3.93. The molecule has 0 aliphatic carbocycles. The summed E-state index contributed by atoms with van der Waals surface area (Å²) < 4.78 is 2.24. The number of imidazole rings is 1. The van der Waals surface area contributed by atoms with E-state index in [1.165, 1.54) is 5.56 Å². The summed E-state index contributed by atoms with van der Waals surface area (Å²) in [7, 11) is 0. The van der Waals surface area contributed by atoms with Crippen molar-refractivity contribution in [3.05, 3.63) is 97.1 Å². The Labute approximate surface area is 173 Å². The fraction of sp³-hybridized carbons (Fsp3) is 0.222. The van der Waals surface area contributed by atoms with Gasteiger partial charge in [-0.05, 0) is 41.7 Å². The number of benzene rings is 3. The molecule has 0 aliphatic heterocycles. The van der Waals surface area contributed by atoms with Crippen molar-refractivity contribution < 1.29 is 0 Å². The number of rotatable bonds is 5. The molecule has 4 rings (SSSR count). The number of para-hydroxylation sites is 3. The first-order valence-electron chi connectivity index (χ1n) is 10.2. The number of hydrogen-bond acceptors (Lipinski definition) is 1. The molecule has 2 nitrogen and oxygen atoms in total. The Morgan fingerprint density at radius 3 is 2.21 bits per heavy atom. The molecule has 3 aromatic carbocycles. The van der Waals surface area contributed by atoms with E-state index in [2.05, 4.69) is 105 Å². The lowest BCUT2D eigenvalue weighted by atomic mass is 9.81. The molecule has 1 aromatic heterocycles. The van der Waals surface area contributed by atoms with Crippen LogP contribution in [-0.4, -0.2) is 9.55 Å². The van der Waals surface area contributed by atoms with Crippen molar-refractivity contribution in [3.63, 3.8) is 0 Å².